The maximum atomic E-state index is 12.6. The average Bonchev–Trinajstić information content (AvgIpc) is 3.18. The summed E-state index contributed by atoms with van der Waals surface area (Å²) in [6, 6.07) is 0. The van der Waals surface area contributed by atoms with Crippen molar-refractivity contribution in [1.82, 2.24) is 0 Å². The highest BCUT2D eigenvalue weighted by Gasteiger charge is 2.19. The Morgan fingerprint density at radius 2 is 0.491 bits per heavy atom. The lowest BCUT2D eigenvalue weighted by Crippen LogP contribution is -2.30. The molecule has 0 amide bonds. The van der Waals surface area contributed by atoms with Crippen LogP contribution in [-0.4, -0.2) is 37.2 Å². The number of rotatable bonds is 45. The molecule has 0 N–H and O–H groups in total. The second-order valence-corrected chi connectivity index (χ2v) is 16.7. The second-order valence-electron chi connectivity index (χ2n) is 16.7. The first-order chi connectivity index (χ1) is 27.0. The summed E-state index contributed by atoms with van der Waals surface area (Å²) < 4.78 is 16.7. The Balaban J connectivity index is 4.17. The summed E-state index contributed by atoms with van der Waals surface area (Å²) in [5, 5.41) is 0. The molecule has 0 spiro atoms. The Hall–Kier alpha value is -1.59. The minimum atomic E-state index is -0.757. The lowest BCUT2D eigenvalue weighted by molar-refractivity contribution is -0.167. The van der Waals surface area contributed by atoms with Gasteiger partial charge in [-0.15, -0.1) is 0 Å². The van der Waals surface area contributed by atoms with Gasteiger partial charge in [0.15, 0.2) is 6.10 Å². The van der Waals surface area contributed by atoms with E-state index in [0.29, 0.717) is 19.3 Å². The first-order valence-electron chi connectivity index (χ1n) is 24.5. The summed E-state index contributed by atoms with van der Waals surface area (Å²) in [6.07, 6.45) is 46.7. The molecule has 0 rings (SSSR count). The molecule has 0 heterocycles. The maximum Gasteiger partial charge on any atom is 0.306 e. The Kier molecular flexibility index (Phi) is 43.8. The molecule has 0 unspecified atom stereocenters. The zero-order valence-corrected chi connectivity index (χ0v) is 37.2. The van der Waals surface area contributed by atoms with Crippen LogP contribution in [0.4, 0.5) is 0 Å². The highest BCUT2D eigenvalue weighted by atomic mass is 16.6. The first kappa shape index (κ1) is 53.4. The van der Waals surface area contributed by atoms with Gasteiger partial charge in [0.1, 0.15) is 13.2 Å². The van der Waals surface area contributed by atoms with Gasteiger partial charge in [-0.1, -0.05) is 239 Å². The summed E-state index contributed by atoms with van der Waals surface area (Å²) in [7, 11) is 0. The fourth-order valence-electron chi connectivity index (χ4n) is 7.38. The van der Waals surface area contributed by atoms with Crippen molar-refractivity contribution in [3.8, 4) is 0 Å². The Labute approximate surface area is 342 Å². The molecule has 0 aromatic carbocycles. The van der Waals surface area contributed by atoms with Crippen molar-refractivity contribution in [2.24, 2.45) is 0 Å². The van der Waals surface area contributed by atoms with Crippen molar-refractivity contribution in [2.75, 3.05) is 13.2 Å². The lowest BCUT2D eigenvalue weighted by atomic mass is 10.0. The predicted molar refractivity (Wildman–Crippen MR) is 233 cm³/mol. The van der Waals surface area contributed by atoms with Gasteiger partial charge in [-0.05, 0) is 19.3 Å². The van der Waals surface area contributed by atoms with E-state index >= 15 is 0 Å². The SMILES string of the molecule is CCCCCCCCCCCCCCCCCCCC(=O)OC[C@H](COC(=O)CCCCCCCCCCCCCCC)OC(=O)CCCCCCCCC. The molecular formula is C49H94O6. The van der Waals surface area contributed by atoms with Crippen LogP contribution < -0.4 is 0 Å². The summed E-state index contributed by atoms with van der Waals surface area (Å²) in [4.78, 5) is 37.7. The van der Waals surface area contributed by atoms with E-state index in [9.17, 15) is 14.4 Å². The number of unbranched alkanes of at least 4 members (excludes halogenated alkanes) is 34. The molecule has 6 heteroatoms. The molecule has 0 fully saturated rings. The van der Waals surface area contributed by atoms with Crippen LogP contribution in [0.15, 0.2) is 0 Å². The third-order valence-electron chi connectivity index (χ3n) is 11.1. The van der Waals surface area contributed by atoms with Crippen LogP contribution in [0.5, 0.6) is 0 Å². The smallest absolute Gasteiger partial charge is 0.306 e. The summed E-state index contributed by atoms with van der Waals surface area (Å²) in [5.41, 5.74) is 0. The first-order valence-corrected chi connectivity index (χ1v) is 24.5. The minimum absolute atomic E-state index is 0.0629. The maximum absolute atomic E-state index is 12.6. The van der Waals surface area contributed by atoms with Crippen molar-refractivity contribution in [3.63, 3.8) is 0 Å². The van der Waals surface area contributed by atoms with Gasteiger partial charge in [0, 0.05) is 19.3 Å². The van der Waals surface area contributed by atoms with Crippen LogP contribution in [-0.2, 0) is 28.6 Å². The third-order valence-corrected chi connectivity index (χ3v) is 11.1. The normalized spacial score (nSPS) is 11.8. The molecule has 0 saturated heterocycles. The zero-order chi connectivity index (χ0) is 40.1. The van der Waals surface area contributed by atoms with Gasteiger partial charge in [0.05, 0.1) is 0 Å². The van der Waals surface area contributed by atoms with Crippen molar-refractivity contribution in [2.45, 2.75) is 284 Å². The van der Waals surface area contributed by atoms with E-state index in [1.165, 1.54) is 180 Å². The highest BCUT2D eigenvalue weighted by Crippen LogP contribution is 2.16. The van der Waals surface area contributed by atoms with Gasteiger partial charge in [-0.2, -0.15) is 0 Å². The van der Waals surface area contributed by atoms with Crippen LogP contribution in [0.1, 0.15) is 278 Å². The van der Waals surface area contributed by atoms with E-state index in [0.717, 1.165) is 57.8 Å². The topological polar surface area (TPSA) is 78.9 Å². The lowest BCUT2D eigenvalue weighted by Gasteiger charge is -2.18. The van der Waals surface area contributed by atoms with Crippen LogP contribution in [0, 0.1) is 0 Å². The van der Waals surface area contributed by atoms with Crippen molar-refractivity contribution in [3.05, 3.63) is 0 Å². The molecule has 326 valence electrons. The number of esters is 3. The van der Waals surface area contributed by atoms with E-state index in [1.807, 2.05) is 0 Å². The van der Waals surface area contributed by atoms with E-state index in [2.05, 4.69) is 20.8 Å². The van der Waals surface area contributed by atoms with E-state index in [4.69, 9.17) is 14.2 Å². The van der Waals surface area contributed by atoms with E-state index in [1.54, 1.807) is 0 Å². The number of hydrogen-bond acceptors (Lipinski definition) is 6. The molecule has 0 radical (unpaired) electrons. The molecule has 6 nitrogen and oxygen atoms in total. The summed E-state index contributed by atoms with van der Waals surface area (Å²) >= 11 is 0. The van der Waals surface area contributed by atoms with Gasteiger partial charge in [0.2, 0.25) is 0 Å². The molecule has 0 saturated carbocycles. The van der Waals surface area contributed by atoms with Gasteiger partial charge in [-0.25, -0.2) is 0 Å². The van der Waals surface area contributed by atoms with Gasteiger partial charge in [0.25, 0.3) is 0 Å². The van der Waals surface area contributed by atoms with E-state index in [-0.39, 0.29) is 31.1 Å². The van der Waals surface area contributed by atoms with E-state index < -0.39 is 6.10 Å². The van der Waals surface area contributed by atoms with Crippen molar-refractivity contribution < 1.29 is 28.6 Å². The van der Waals surface area contributed by atoms with Gasteiger partial charge < -0.3 is 14.2 Å². The highest BCUT2D eigenvalue weighted by molar-refractivity contribution is 5.71. The standard InChI is InChI=1S/C49H94O6/c1-4-7-10-13-16-18-20-22-23-24-25-27-29-31-34-36-39-42-48(51)54-45-46(55-49(52)43-40-37-32-15-12-9-6-3)44-53-47(50)41-38-35-33-30-28-26-21-19-17-14-11-8-5-2/h46H,4-45H2,1-3H3/t46-/m0/s1. The second kappa shape index (κ2) is 45.1. The largest absolute Gasteiger partial charge is 0.462 e. The van der Waals surface area contributed by atoms with Crippen molar-refractivity contribution in [1.29, 1.82) is 0 Å². The molecule has 0 bridgehead atoms. The quantitative estimate of drug-likeness (QED) is 0.0348. The number of carbonyl (C=O) groups excluding carboxylic acids is 3. The van der Waals surface area contributed by atoms with Crippen LogP contribution in [0.25, 0.3) is 0 Å². The Morgan fingerprint density at radius 1 is 0.291 bits per heavy atom. The molecule has 1 atom stereocenters. The molecular weight excluding hydrogens is 685 g/mol. The van der Waals surface area contributed by atoms with Crippen molar-refractivity contribution >= 4 is 17.9 Å². The average molecular weight is 779 g/mol. The molecule has 0 aliphatic rings. The minimum Gasteiger partial charge on any atom is -0.462 e. The van der Waals surface area contributed by atoms with Crippen LogP contribution in [0.3, 0.4) is 0 Å². The van der Waals surface area contributed by atoms with Crippen LogP contribution >= 0.6 is 0 Å². The van der Waals surface area contributed by atoms with Gasteiger partial charge in [-0.3, -0.25) is 14.4 Å². The predicted octanol–water partition coefficient (Wildman–Crippen LogP) is 15.6. The molecule has 0 aliphatic heterocycles. The van der Waals surface area contributed by atoms with Crippen LogP contribution in [0.2, 0.25) is 0 Å². The molecule has 0 aromatic rings. The summed E-state index contributed by atoms with van der Waals surface area (Å²) in [5.74, 6) is -0.853. The molecule has 0 aromatic heterocycles. The fourth-order valence-corrected chi connectivity index (χ4v) is 7.38. The monoisotopic (exact) mass is 779 g/mol. The molecule has 55 heavy (non-hydrogen) atoms. The Bertz CT molecular complexity index is 813. The summed E-state index contributed by atoms with van der Waals surface area (Å²) in [6.45, 7) is 6.63. The Morgan fingerprint density at radius 3 is 0.727 bits per heavy atom. The van der Waals surface area contributed by atoms with Gasteiger partial charge >= 0.3 is 17.9 Å². The third kappa shape index (κ3) is 43.4. The fraction of sp³-hybridized carbons (Fsp3) is 0.939. The zero-order valence-electron chi connectivity index (χ0n) is 37.2. The number of carbonyl (C=O) groups is 3. The number of hydrogen-bond donors (Lipinski definition) is 0. The molecule has 0 aliphatic carbocycles. The number of ether oxygens (including phenoxy) is 3.